The SMILES string of the molecule is CC(O)C1=CS(=O)(=O)c2ccc(Br)cc21. The maximum atomic E-state index is 11.7. The van der Waals surface area contributed by atoms with Crippen molar-refractivity contribution in [1.29, 1.82) is 0 Å². The van der Waals surface area contributed by atoms with Gasteiger partial charge in [0.2, 0.25) is 9.84 Å². The quantitative estimate of drug-likeness (QED) is 0.859. The van der Waals surface area contributed by atoms with Crippen LogP contribution in [-0.2, 0) is 9.84 Å². The third kappa shape index (κ3) is 1.75. The summed E-state index contributed by atoms with van der Waals surface area (Å²) in [5.41, 5.74) is 1.03. The molecular formula is C10H9BrO3S. The van der Waals surface area contributed by atoms with Crippen LogP contribution in [0.2, 0.25) is 0 Å². The Bertz CT molecular complexity index is 544. The summed E-state index contributed by atoms with van der Waals surface area (Å²) in [7, 11) is -3.36. The molecule has 15 heavy (non-hydrogen) atoms. The van der Waals surface area contributed by atoms with Crippen LogP contribution in [0, 0.1) is 0 Å². The highest BCUT2D eigenvalue weighted by Crippen LogP contribution is 2.36. The van der Waals surface area contributed by atoms with Crippen molar-refractivity contribution in [3.05, 3.63) is 33.6 Å². The van der Waals surface area contributed by atoms with Crippen LogP contribution in [0.4, 0.5) is 0 Å². The number of halogens is 1. The molecule has 0 aliphatic carbocycles. The summed E-state index contributed by atoms with van der Waals surface area (Å²) in [6.45, 7) is 1.55. The molecule has 3 nitrogen and oxygen atoms in total. The molecule has 0 saturated heterocycles. The van der Waals surface area contributed by atoms with Gasteiger partial charge in [-0.25, -0.2) is 8.42 Å². The van der Waals surface area contributed by atoms with Crippen molar-refractivity contribution >= 4 is 31.3 Å². The van der Waals surface area contributed by atoms with Gasteiger partial charge in [0, 0.05) is 21.0 Å². The number of benzene rings is 1. The second-order valence-corrected chi connectivity index (χ2v) is 6.12. The lowest BCUT2D eigenvalue weighted by Gasteiger charge is -2.06. The number of aliphatic hydroxyl groups is 1. The lowest BCUT2D eigenvalue weighted by atomic mass is 10.0. The molecule has 0 amide bonds. The Morgan fingerprint density at radius 2 is 2.07 bits per heavy atom. The second kappa shape index (κ2) is 3.43. The molecule has 1 heterocycles. The average Bonchev–Trinajstić information content (AvgIpc) is 2.38. The second-order valence-electron chi connectivity index (χ2n) is 3.43. The largest absolute Gasteiger partial charge is 0.389 e. The Labute approximate surface area is 96.5 Å². The van der Waals surface area contributed by atoms with Crippen LogP contribution >= 0.6 is 15.9 Å². The summed E-state index contributed by atoms with van der Waals surface area (Å²) in [6, 6.07) is 4.92. The van der Waals surface area contributed by atoms with E-state index >= 15 is 0 Å². The maximum absolute atomic E-state index is 11.7. The van der Waals surface area contributed by atoms with E-state index in [9.17, 15) is 13.5 Å². The Hall–Kier alpha value is -0.650. The van der Waals surface area contributed by atoms with Crippen molar-refractivity contribution in [2.45, 2.75) is 17.9 Å². The molecule has 1 aromatic rings. The van der Waals surface area contributed by atoms with E-state index in [1.807, 2.05) is 0 Å². The summed E-state index contributed by atoms with van der Waals surface area (Å²) >= 11 is 3.28. The zero-order valence-corrected chi connectivity index (χ0v) is 10.3. The van der Waals surface area contributed by atoms with Crippen LogP contribution in [0.5, 0.6) is 0 Å². The maximum Gasteiger partial charge on any atom is 0.200 e. The van der Waals surface area contributed by atoms with E-state index < -0.39 is 15.9 Å². The highest BCUT2D eigenvalue weighted by Gasteiger charge is 2.28. The Kier molecular flexibility index (Phi) is 2.48. The Balaban J connectivity index is 2.74. The van der Waals surface area contributed by atoms with E-state index in [1.54, 1.807) is 25.1 Å². The van der Waals surface area contributed by atoms with Gasteiger partial charge in [-0.05, 0) is 25.1 Å². The van der Waals surface area contributed by atoms with Gasteiger partial charge in [-0.1, -0.05) is 15.9 Å². The van der Waals surface area contributed by atoms with Gasteiger partial charge in [0.1, 0.15) is 0 Å². The molecule has 0 spiro atoms. The van der Waals surface area contributed by atoms with Gasteiger partial charge < -0.3 is 5.11 Å². The molecule has 5 heteroatoms. The first kappa shape index (κ1) is 10.9. The lowest BCUT2D eigenvalue weighted by molar-refractivity contribution is 0.253. The molecule has 1 atom stereocenters. The Morgan fingerprint density at radius 3 is 2.67 bits per heavy atom. The highest BCUT2D eigenvalue weighted by atomic mass is 79.9. The van der Waals surface area contributed by atoms with Crippen LogP contribution in [0.15, 0.2) is 33.0 Å². The number of hydrogen-bond acceptors (Lipinski definition) is 3. The molecule has 0 aromatic heterocycles. The fourth-order valence-electron chi connectivity index (χ4n) is 1.59. The highest BCUT2D eigenvalue weighted by molar-refractivity contribution is 9.10. The summed E-state index contributed by atoms with van der Waals surface area (Å²) in [5, 5.41) is 10.6. The van der Waals surface area contributed by atoms with Crippen LogP contribution in [0.25, 0.3) is 5.57 Å². The van der Waals surface area contributed by atoms with Gasteiger partial charge in [0.15, 0.2) is 0 Å². The number of fused-ring (bicyclic) bond motifs is 1. The van der Waals surface area contributed by atoms with Gasteiger partial charge in [-0.15, -0.1) is 0 Å². The molecule has 1 aromatic carbocycles. The average molecular weight is 289 g/mol. The van der Waals surface area contributed by atoms with Gasteiger partial charge in [-0.3, -0.25) is 0 Å². The van der Waals surface area contributed by atoms with Crippen LogP contribution < -0.4 is 0 Å². The van der Waals surface area contributed by atoms with Gasteiger partial charge in [-0.2, -0.15) is 0 Å². The molecule has 80 valence electrons. The van der Waals surface area contributed by atoms with Gasteiger partial charge in [0.05, 0.1) is 11.0 Å². The van der Waals surface area contributed by atoms with E-state index in [0.29, 0.717) is 11.1 Å². The normalized spacial score (nSPS) is 19.5. The molecule has 1 N–H and O–H groups in total. The molecule has 1 aliphatic heterocycles. The van der Waals surface area contributed by atoms with Gasteiger partial charge >= 0.3 is 0 Å². The minimum Gasteiger partial charge on any atom is -0.389 e. The minimum atomic E-state index is -3.36. The van der Waals surface area contributed by atoms with Crippen molar-refractivity contribution in [2.24, 2.45) is 0 Å². The zero-order valence-electron chi connectivity index (χ0n) is 7.94. The van der Waals surface area contributed by atoms with E-state index in [0.717, 1.165) is 9.88 Å². The van der Waals surface area contributed by atoms with Crippen molar-refractivity contribution in [3.8, 4) is 0 Å². The summed E-state index contributed by atoms with van der Waals surface area (Å²) in [6.07, 6.45) is -0.782. The standard InChI is InChI=1S/C10H9BrO3S/c1-6(12)9-5-15(13,14)10-3-2-7(11)4-8(9)10/h2-6,12H,1H3. The third-order valence-electron chi connectivity index (χ3n) is 2.29. The molecule has 0 radical (unpaired) electrons. The van der Waals surface area contributed by atoms with E-state index in [4.69, 9.17) is 0 Å². The first-order valence-corrected chi connectivity index (χ1v) is 6.70. The predicted octanol–water partition coefficient (Wildman–Crippen LogP) is 1.96. The molecule has 1 unspecified atom stereocenters. The third-order valence-corrected chi connectivity index (χ3v) is 4.32. The van der Waals surface area contributed by atoms with E-state index in [2.05, 4.69) is 15.9 Å². The van der Waals surface area contributed by atoms with E-state index in [-0.39, 0.29) is 4.90 Å². The molecule has 2 rings (SSSR count). The van der Waals surface area contributed by atoms with Crippen molar-refractivity contribution in [3.63, 3.8) is 0 Å². The van der Waals surface area contributed by atoms with Crippen molar-refractivity contribution in [2.75, 3.05) is 0 Å². The number of hydrogen-bond donors (Lipinski definition) is 1. The summed E-state index contributed by atoms with van der Waals surface area (Å²) < 4.78 is 24.1. The molecule has 0 bridgehead atoms. The summed E-state index contributed by atoms with van der Waals surface area (Å²) in [5.74, 6) is 0. The zero-order chi connectivity index (χ0) is 11.2. The van der Waals surface area contributed by atoms with Crippen LogP contribution in [0.1, 0.15) is 12.5 Å². The lowest BCUT2D eigenvalue weighted by Crippen LogP contribution is -2.01. The van der Waals surface area contributed by atoms with Crippen molar-refractivity contribution in [1.82, 2.24) is 0 Å². The molecular weight excluding hydrogens is 280 g/mol. The van der Waals surface area contributed by atoms with E-state index in [1.165, 1.54) is 0 Å². The number of aliphatic hydroxyl groups excluding tert-OH is 1. The molecule has 1 aliphatic rings. The minimum absolute atomic E-state index is 0.265. The fourth-order valence-corrected chi connectivity index (χ4v) is 3.48. The first-order valence-electron chi connectivity index (χ1n) is 4.36. The fraction of sp³-hybridized carbons (Fsp3) is 0.200. The van der Waals surface area contributed by atoms with Crippen LogP contribution in [-0.4, -0.2) is 19.6 Å². The molecule has 0 saturated carbocycles. The monoisotopic (exact) mass is 288 g/mol. The summed E-state index contributed by atoms with van der Waals surface area (Å²) in [4.78, 5) is 0.265. The molecule has 0 fully saturated rings. The van der Waals surface area contributed by atoms with Crippen molar-refractivity contribution < 1.29 is 13.5 Å². The Morgan fingerprint density at radius 1 is 1.40 bits per heavy atom. The van der Waals surface area contributed by atoms with Crippen LogP contribution in [0.3, 0.4) is 0 Å². The topological polar surface area (TPSA) is 54.4 Å². The predicted molar refractivity (Wildman–Crippen MR) is 61.0 cm³/mol. The van der Waals surface area contributed by atoms with Gasteiger partial charge in [0.25, 0.3) is 0 Å². The number of sulfone groups is 1. The number of rotatable bonds is 1. The smallest absolute Gasteiger partial charge is 0.200 e. The first-order chi connectivity index (χ1) is 6.92.